The standard InChI is InChI=1S/C9H18NO2.K.H3N/c1-4-6-7-8(3)9(11)12-10-5-2;;/h8H,4-7H2,1-3H3;;1H3/q-1;+1;. The molecule has 0 aliphatic carbocycles. The molecule has 0 saturated heterocycles. The topological polar surface area (TPSA) is 75.4 Å². The van der Waals surface area contributed by atoms with Crippen molar-refractivity contribution < 1.29 is 61.0 Å². The third-order valence-corrected chi connectivity index (χ3v) is 1.68. The Morgan fingerprint density at radius 1 is 1.43 bits per heavy atom. The molecule has 0 radical (unpaired) electrons. The summed E-state index contributed by atoms with van der Waals surface area (Å²) in [5, 5.41) is 0. The first-order valence-corrected chi connectivity index (χ1v) is 4.60. The van der Waals surface area contributed by atoms with Crippen LogP contribution in [0.15, 0.2) is 0 Å². The van der Waals surface area contributed by atoms with E-state index in [-0.39, 0.29) is 69.4 Å². The van der Waals surface area contributed by atoms with Gasteiger partial charge in [0.25, 0.3) is 5.97 Å². The molecular formula is C9H21KN2O2. The maximum Gasteiger partial charge on any atom is 1.00 e. The maximum atomic E-state index is 11.1. The third kappa shape index (κ3) is 11.1. The van der Waals surface area contributed by atoms with Crippen LogP contribution < -0.4 is 57.5 Å². The van der Waals surface area contributed by atoms with E-state index in [4.69, 9.17) is 0 Å². The van der Waals surface area contributed by atoms with Crippen LogP contribution in [0.2, 0.25) is 0 Å². The van der Waals surface area contributed by atoms with Crippen LogP contribution in [0, 0.1) is 5.92 Å². The van der Waals surface area contributed by atoms with Gasteiger partial charge in [0.05, 0.1) is 5.92 Å². The number of rotatable bonds is 6. The molecule has 1 atom stereocenters. The van der Waals surface area contributed by atoms with Gasteiger partial charge in [0.15, 0.2) is 0 Å². The molecule has 4 nitrogen and oxygen atoms in total. The number of hydrogen-bond acceptors (Lipinski definition) is 3. The molecule has 0 fully saturated rings. The minimum Gasteiger partial charge on any atom is -0.561 e. The van der Waals surface area contributed by atoms with Crippen LogP contribution in [0.5, 0.6) is 0 Å². The van der Waals surface area contributed by atoms with Gasteiger partial charge in [-0.05, 0) is 6.42 Å². The zero-order valence-corrected chi connectivity index (χ0v) is 13.0. The van der Waals surface area contributed by atoms with Gasteiger partial charge in [0.1, 0.15) is 0 Å². The smallest absolute Gasteiger partial charge is 0.561 e. The number of nitrogens with zero attached hydrogens (tertiary/aromatic N) is 1. The zero-order valence-electron chi connectivity index (χ0n) is 9.88. The molecule has 0 rings (SSSR count). The minimum absolute atomic E-state index is 0. The molecule has 1 unspecified atom stereocenters. The zero-order chi connectivity index (χ0) is 9.40. The predicted octanol–water partition coefficient (Wildman–Crippen LogP) is -0.169. The average Bonchev–Trinajstić information content (AvgIpc) is 2.10. The summed E-state index contributed by atoms with van der Waals surface area (Å²) in [6.45, 7) is 6.36. The fraction of sp³-hybridized carbons (Fsp3) is 0.889. The Bertz CT molecular complexity index is 134. The van der Waals surface area contributed by atoms with Crippen molar-refractivity contribution in [1.82, 2.24) is 6.15 Å². The Kier molecular flexibility index (Phi) is 20.5. The fourth-order valence-electron chi connectivity index (χ4n) is 0.846. The van der Waals surface area contributed by atoms with Crippen LogP contribution in [0.1, 0.15) is 40.0 Å². The van der Waals surface area contributed by atoms with Crippen LogP contribution in [-0.2, 0) is 9.63 Å². The summed E-state index contributed by atoms with van der Waals surface area (Å²) < 4.78 is 0. The van der Waals surface area contributed by atoms with Crippen molar-refractivity contribution in [2.75, 3.05) is 6.54 Å². The second kappa shape index (κ2) is 14.0. The summed E-state index contributed by atoms with van der Waals surface area (Å²) in [6.07, 6.45) is 3.08. The van der Waals surface area contributed by atoms with Gasteiger partial charge in [-0.25, -0.2) is 0 Å². The SMILES string of the molecule is CCCCC(C)C(=O)O[N-]CC.N.[K+]. The summed E-state index contributed by atoms with van der Waals surface area (Å²) in [7, 11) is 0. The normalized spacial score (nSPS) is 10.8. The molecule has 14 heavy (non-hydrogen) atoms. The molecule has 0 aliphatic rings. The average molecular weight is 228 g/mol. The van der Waals surface area contributed by atoms with E-state index in [1.807, 2.05) is 13.8 Å². The Labute approximate surface area is 129 Å². The van der Waals surface area contributed by atoms with E-state index in [2.05, 4.69) is 17.2 Å². The van der Waals surface area contributed by atoms with Gasteiger partial charge in [0, 0.05) is 0 Å². The number of carbonyl (C=O) groups excluding carboxylic acids is 1. The van der Waals surface area contributed by atoms with Gasteiger partial charge in [-0.1, -0.05) is 33.6 Å². The fourth-order valence-corrected chi connectivity index (χ4v) is 0.846. The monoisotopic (exact) mass is 228 g/mol. The molecule has 80 valence electrons. The summed E-state index contributed by atoms with van der Waals surface area (Å²) in [5.41, 5.74) is 3.55. The summed E-state index contributed by atoms with van der Waals surface area (Å²) in [4.78, 5) is 15.7. The second-order valence-electron chi connectivity index (χ2n) is 2.90. The molecule has 0 heterocycles. The van der Waals surface area contributed by atoms with E-state index >= 15 is 0 Å². The maximum absolute atomic E-state index is 11.1. The van der Waals surface area contributed by atoms with Gasteiger partial charge < -0.3 is 16.5 Å². The van der Waals surface area contributed by atoms with Crippen molar-refractivity contribution in [1.29, 1.82) is 0 Å². The Morgan fingerprint density at radius 3 is 2.43 bits per heavy atom. The van der Waals surface area contributed by atoms with Crippen molar-refractivity contribution in [2.24, 2.45) is 5.92 Å². The molecule has 3 N–H and O–H groups in total. The molecular weight excluding hydrogens is 207 g/mol. The number of carbonyl (C=O) groups is 1. The molecule has 0 spiro atoms. The Hall–Kier alpha value is 1.03. The van der Waals surface area contributed by atoms with Crippen molar-refractivity contribution >= 4 is 5.97 Å². The van der Waals surface area contributed by atoms with Crippen LogP contribution in [0.3, 0.4) is 0 Å². The van der Waals surface area contributed by atoms with Gasteiger partial charge in [-0.15, -0.1) is 6.54 Å². The van der Waals surface area contributed by atoms with E-state index in [0.717, 1.165) is 19.3 Å². The van der Waals surface area contributed by atoms with Crippen LogP contribution in [-0.4, -0.2) is 12.5 Å². The van der Waals surface area contributed by atoms with Gasteiger partial charge in [-0.3, -0.25) is 4.79 Å². The van der Waals surface area contributed by atoms with Crippen molar-refractivity contribution in [3.05, 3.63) is 5.48 Å². The number of hydroxylamine groups is 1. The third-order valence-electron chi connectivity index (χ3n) is 1.68. The van der Waals surface area contributed by atoms with E-state index in [1.54, 1.807) is 0 Å². The Morgan fingerprint density at radius 2 is 2.00 bits per heavy atom. The van der Waals surface area contributed by atoms with E-state index in [1.165, 1.54) is 0 Å². The molecule has 0 aromatic rings. The Balaban J connectivity index is -0.000000605. The largest absolute Gasteiger partial charge is 1.00 e. The number of hydrogen-bond donors (Lipinski definition) is 1. The molecule has 0 aromatic carbocycles. The summed E-state index contributed by atoms with van der Waals surface area (Å²) >= 11 is 0. The van der Waals surface area contributed by atoms with Crippen molar-refractivity contribution in [3.8, 4) is 0 Å². The predicted molar refractivity (Wildman–Crippen MR) is 53.7 cm³/mol. The van der Waals surface area contributed by atoms with E-state index in [9.17, 15) is 4.79 Å². The summed E-state index contributed by atoms with van der Waals surface area (Å²) in [5.74, 6) is -0.217. The van der Waals surface area contributed by atoms with E-state index < -0.39 is 0 Å². The first-order valence-electron chi connectivity index (χ1n) is 4.60. The van der Waals surface area contributed by atoms with Crippen molar-refractivity contribution in [2.45, 2.75) is 40.0 Å². The first kappa shape index (κ1) is 20.4. The van der Waals surface area contributed by atoms with Gasteiger partial charge in [0.2, 0.25) is 0 Å². The van der Waals surface area contributed by atoms with Gasteiger partial charge >= 0.3 is 51.4 Å². The van der Waals surface area contributed by atoms with Crippen LogP contribution >= 0.6 is 0 Å². The van der Waals surface area contributed by atoms with E-state index in [0.29, 0.717) is 6.54 Å². The molecule has 0 amide bonds. The molecule has 5 heteroatoms. The first-order chi connectivity index (χ1) is 5.72. The molecule has 0 saturated carbocycles. The van der Waals surface area contributed by atoms with Crippen molar-refractivity contribution in [3.63, 3.8) is 0 Å². The number of unbranched alkanes of at least 4 members (excludes halogenated alkanes) is 1. The molecule has 0 aliphatic heterocycles. The minimum atomic E-state index is -0.203. The quantitative estimate of drug-likeness (QED) is 0.506. The molecule has 0 bridgehead atoms. The van der Waals surface area contributed by atoms with Crippen LogP contribution in [0.4, 0.5) is 0 Å². The molecule has 0 aromatic heterocycles. The second-order valence-corrected chi connectivity index (χ2v) is 2.90. The summed E-state index contributed by atoms with van der Waals surface area (Å²) in [6, 6.07) is 0. The van der Waals surface area contributed by atoms with Crippen LogP contribution in [0.25, 0.3) is 5.48 Å². The van der Waals surface area contributed by atoms with Gasteiger partial charge in [-0.2, -0.15) is 0 Å².